The minimum atomic E-state index is -0.839. The van der Waals surface area contributed by atoms with E-state index in [1.54, 1.807) is 0 Å². The second-order valence-corrected chi connectivity index (χ2v) is 4.76. The van der Waals surface area contributed by atoms with Crippen molar-refractivity contribution in [1.82, 2.24) is 10.6 Å². The zero-order valence-corrected chi connectivity index (χ0v) is 10.6. The Morgan fingerprint density at radius 1 is 1.42 bits per heavy atom. The number of hydrogen-bond donors (Lipinski definition) is 3. The van der Waals surface area contributed by atoms with Crippen LogP contribution in [0.2, 0.25) is 0 Å². The highest BCUT2D eigenvalue weighted by Crippen LogP contribution is 2.15. The lowest BCUT2D eigenvalue weighted by Crippen LogP contribution is -2.38. The Kier molecular flexibility index (Phi) is 4.52. The van der Waals surface area contributed by atoms with Crippen molar-refractivity contribution in [2.24, 2.45) is 0 Å². The number of carboxylic acids is 1. The summed E-state index contributed by atoms with van der Waals surface area (Å²) in [5.41, 5.74) is 0.790. The molecule has 5 nitrogen and oxygen atoms in total. The highest BCUT2D eigenvalue weighted by molar-refractivity contribution is 5.78. The van der Waals surface area contributed by atoms with E-state index >= 15 is 0 Å². The lowest BCUT2D eigenvalue weighted by molar-refractivity contribution is -0.138. The molecule has 1 aromatic rings. The van der Waals surface area contributed by atoms with Crippen LogP contribution in [0, 0.1) is 0 Å². The molecule has 0 saturated carbocycles. The van der Waals surface area contributed by atoms with E-state index in [9.17, 15) is 14.7 Å². The fraction of sp³-hybridized carbons (Fsp3) is 0.429. The second-order valence-electron chi connectivity index (χ2n) is 4.76. The summed E-state index contributed by atoms with van der Waals surface area (Å²) in [6.45, 7) is 0.980. The zero-order valence-electron chi connectivity index (χ0n) is 10.6. The van der Waals surface area contributed by atoms with Crippen LogP contribution in [0.15, 0.2) is 30.3 Å². The minimum Gasteiger partial charge on any atom is -0.481 e. The third-order valence-electron chi connectivity index (χ3n) is 3.32. The van der Waals surface area contributed by atoms with Crippen molar-refractivity contribution in [2.75, 3.05) is 13.1 Å². The summed E-state index contributed by atoms with van der Waals surface area (Å²) >= 11 is 0. The number of hydrogen-bond acceptors (Lipinski definition) is 3. The Balaban J connectivity index is 1.85. The van der Waals surface area contributed by atoms with Crippen LogP contribution < -0.4 is 10.6 Å². The topological polar surface area (TPSA) is 78.4 Å². The first-order valence-electron chi connectivity index (χ1n) is 6.44. The van der Waals surface area contributed by atoms with Crippen LogP contribution in [0.1, 0.15) is 24.3 Å². The van der Waals surface area contributed by atoms with Gasteiger partial charge in [0.05, 0.1) is 5.92 Å². The molecule has 2 rings (SSSR count). The predicted octanol–water partition coefficient (Wildman–Crippen LogP) is 0.723. The number of aliphatic carboxylic acids is 1. The number of rotatable bonds is 6. The quantitative estimate of drug-likeness (QED) is 0.706. The number of carbonyl (C=O) groups excluding carboxylic acids is 1. The lowest BCUT2D eigenvalue weighted by atomic mass is 9.99. The van der Waals surface area contributed by atoms with Crippen LogP contribution in [-0.4, -0.2) is 36.1 Å². The van der Waals surface area contributed by atoms with Gasteiger partial charge in [-0.3, -0.25) is 9.59 Å². The Morgan fingerprint density at radius 3 is 2.74 bits per heavy atom. The third kappa shape index (κ3) is 3.79. The zero-order chi connectivity index (χ0) is 13.7. The SMILES string of the molecule is O=C1CCC(CNCC(C(=O)O)c2ccccc2)N1. The summed E-state index contributed by atoms with van der Waals surface area (Å²) in [6, 6.07) is 9.29. The first kappa shape index (κ1) is 13.5. The summed E-state index contributed by atoms with van der Waals surface area (Å²) in [7, 11) is 0. The summed E-state index contributed by atoms with van der Waals surface area (Å²) in [5.74, 6) is -1.32. The maximum atomic E-state index is 11.3. The normalized spacial score (nSPS) is 20.0. The molecule has 102 valence electrons. The molecular weight excluding hydrogens is 244 g/mol. The first-order chi connectivity index (χ1) is 9.16. The van der Waals surface area contributed by atoms with Gasteiger partial charge in [-0.1, -0.05) is 30.3 Å². The Bertz CT molecular complexity index is 447. The molecule has 3 N–H and O–H groups in total. The van der Waals surface area contributed by atoms with Gasteiger partial charge in [0, 0.05) is 25.6 Å². The average molecular weight is 262 g/mol. The smallest absolute Gasteiger partial charge is 0.312 e. The number of carbonyl (C=O) groups is 2. The Labute approximate surface area is 112 Å². The van der Waals surface area contributed by atoms with Crippen LogP contribution >= 0.6 is 0 Å². The highest BCUT2D eigenvalue weighted by Gasteiger charge is 2.22. The molecule has 1 aliphatic rings. The minimum absolute atomic E-state index is 0.0737. The monoisotopic (exact) mass is 262 g/mol. The molecule has 0 spiro atoms. The van der Waals surface area contributed by atoms with Crippen molar-refractivity contribution in [2.45, 2.75) is 24.8 Å². The van der Waals surface area contributed by atoms with E-state index < -0.39 is 11.9 Å². The van der Waals surface area contributed by atoms with Crippen molar-refractivity contribution < 1.29 is 14.7 Å². The molecule has 1 saturated heterocycles. The van der Waals surface area contributed by atoms with E-state index in [2.05, 4.69) is 10.6 Å². The lowest BCUT2D eigenvalue weighted by Gasteiger charge is -2.16. The Hall–Kier alpha value is -1.88. The molecule has 1 amide bonds. The second kappa shape index (κ2) is 6.33. The maximum Gasteiger partial charge on any atom is 0.312 e. The molecule has 19 heavy (non-hydrogen) atoms. The number of carboxylic acid groups (broad SMARTS) is 1. The van der Waals surface area contributed by atoms with Crippen molar-refractivity contribution >= 4 is 11.9 Å². The molecule has 0 radical (unpaired) electrons. The molecule has 1 heterocycles. The molecule has 0 aliphatic carbocycles. The molecule has 2 atom stereocenters. The fourth-order valence-electron chi connectivity index (χ4n) is 2.27. The van der Waals surface area contributed by atoms with Crippen LogP contribution in [0.25, 0.3) is 0 Å². The first-order valence-corrected chi connectivity index (χ1v) is 6.44. The highest BCUT2D eigenvalue weighted by atomic mass is 16.4. The summed E-state index contributed by atoms with van der Waals surface area (Å²) in [4.78, 5) is 22.3. The number of nitrogens with one attached hydrogen (secondary N) is 2. The standard InChI is InChI=1S/C14H18N2O3/c17-13-7-6-11(16-13)8-15-9-12(14(18)19)10-4-2-1-3-5-10/h1-5,11-12,15H,6-9H2,(H,16,17)(H,18,19). The van der Waals surface area contributed by atoms with Gasteiger partial charge in [-0.15, -0.1) is 0 Å². The van der Waals surface area contributed by atoms with Gasteiger partial charge in [-0.2, -0.15) is 0 Å². The third-order valence-corrected chi connectivity index (χ3v) is 3.32. The van der Waals surface area contributed by atoms with Gasteiger partial charge >= 0.3 is 5.97 Å². The summed E-state index contributed by atoms with van der Waals surface area (Å²) < 4.78 is 0. The van der Waals surface area contributed by atoms with Gasteiger partial charge < -0.3 is 15.7 Å². The Morgan fingerprint density at radius 2 is 2.16 bits per heavy atom. The van der Waals surface area contributed by atoms with Crippen LogP contribution in [0.3, 0.4) is 0 Å². The van der Waals surface area contributed by atoms with Gasteiger partial charge in [0.15, 0.2) is 0 Å². The van der Waals surface area contributed by atoms with E-state index in [-0.39, 0.29) is 11.9 Å². The molecule has 1 aliphatic heterocycles. The van der Waals surface area contributed by atoms with Crippen molar-refractivity contribution in [3.63, 3.8) is 0 Å². The maximum absolute atomic E-state index is 11.3. The van der Waals surface area contributed by atoms with Crippen LogP contribution in [0.5, 0.6) is 0 Å². The fourth-order valence-corrected chi connectivity index (χ4v) is 2.27. The van der Waals surface area contributed by atoms with Gasteiger partial charge in [0.25, 0.3) is 0 Å². The van der Waals surface area contributed by atoms with Crippen molar-refractivity contribution in [3.05, 3.63) is 35.9 Å². The molecule has 1 fully saturated rings. The predicted molar refractivity (Wildman–Crippen MR) is 70.9 cm³/mol. The molecule has 0 aromatic heterocycles. The summed E-state index contributed by atoms with van der Waals surface area (Å²) in [5, 5.41) is 15.2. The molecule has 2 unspecified atom stereocenters. The van der Waals surface area contributed by atoms with E-state index in [0.29, 0.717) is 19.5 Å². The number of amides is 1. The molecular formula is C14H18N2O3. The van der Waals surface area contributed by atoms with E-state index in [1.807, 2.05) is 30.3 Å². The molecule has 1 aromatic carbocycles. The number of benzene rings is 1. The van der Waals surface area contributed by atoms with Crippen molar-refractivity contribution in [1.29, 1.82) is 0 Å². The van der Waals surface area contributed by atoms with E-state index in [4.69, 9.17) is 0 Å². The van der Waals surface area contributed by atoms with Crippen molar-refractivity contribution in [3.8, 4) is 0 Å². The van der Waals surface area contributed by atoms with Crippen LogP contribution in [-0.2, 0) is 9.59 Å². The average Bonchev–Trinajstić information content (AvgIpc) is 2.81. The van der Waals surface area contributed by atoms with Gasteiger partial charge in [-0.25, -0.2) is 0 Å². The van der Waals surface area contributed by atoms with Crippen LogP contribution in [0.4, 0.5) is 0 Å². The van der Waals surface area contributed by atoms with E-state index in [0.717, 1.165) is 12.0 Å². The van der Waals surface area contributed by atoms with Gasteiger partial charge in [-0.05, 0) is 12.0 Å². The molecule has 5 heteroatoms. The van der Waals surface area contributed by atoms with E-state index in [1.165, 1.54) is 0 Å². The van der Waals surface area contributed by atoms with Gasteiger partial charge in [0.2, 0.25) is 5.91 Å². The molecule has 0 bridgehead atoms. The van der Waals surface area contributed by atoms with Gasteiger partial charge in [0.1, 0.15) is 0 Å². The largest absolute Gasteiger partial charge is 0.481 e. The summed E-state index contributed by atoms with van der Waals surface area (Å²) in [6.07, 6.45) is 1.38.